The van der Waals surface area contributed by atoms with Crippen LogP contribution in [0.4, 0.5) is 0 Å². The van der Waals surface area contributed by atoms with Crippen LogP contribution in [-0.2, 0) is 0 Å². The summed E-state index contributed by atoms with van der Waals surface area (Å²) in [6.45, 7) is 0. The highest BCUT2D eigenvalue weighted by molar-refractivity contribution is 14.1. The predicted octanol–water partition coefficient (Wildman–Crippen LogP) is 4.14. The van der Waals surface area contributed by atoms with Gasteiger partial charge in [0.2, 0.25) is 0 Å². The molecule has 0 N–H and O–H groups in total. The second kappa shape index (κ2) is 3.63. The first-order chi connectivity index (χ1) is 7.34. The molecule has 0 heterocycles. The van der Waals surface area contributed by atoms with Crippen molar-refractivity contribution in [3.05, 3.63) is 63.3 Å². The first kappa shape index (κ1) is 9.40. The van der Waals surface area contributed by atoms with Crippen molar-refractivity contribution < 1.29 is 0 Å². The summed E-state index contributed by atoms with van der Waals surface area (Å²) < 4.78 is 1.31. The molecule has 1 aromatic rings. The molecule has 0 aromatic heterocycles. The normalized spacial score (nSPS) is 26.2. The molecule has 2 aliphatic carbocycles. The monoisotopic (exact) mass is 306 g/mol. The SMILES string of the molecule is Ic1ccc2c(c1)C=CC1C=CC=CC21. The van der Waals surface area contributed by atoms with Crippen LogP contribution in [0.1, 0.15) is 17.0 Å². The number of hydrogen-bond donors (Lipinski definition) is 0. The van der Waals surface area contributed by atoms with Crippen molar-refractivity contribution in [1.29, 1.82) is 0 Å². The van der Waals surface area contributed by atoms with Crippen molar-refractivity contribution >= 4 is 28.7 Å². The van der Waals surface area contributed by atoms with Gasteiger partial charge in [-0.2, -0.15) is 0 Å². The van der Waals surface area contributed by atoms with E-state index in [-0.39, 0.29) is 0 Å². The molecule has 0 bridgehead atoms. The minimum Gasteiger partial charge on any atom is -0.0767 e. The average Bonchev–Trinajstić information content (AvgIpc) is 2.28. The van der Waals surface area contributed by atoms with Crippen LogP contribution in [0.2, 0.25) is 0 Å². The summed E-state index contributed by atoms with van der Waals surface area (Å²) in [7, 11) is 0. The van der Waals surface area contributed by atoms with Gasteiger partial charge in [-0.05, 0) is 45.9 Å². The highest BCUT2D eigenvalue weighted by Crippen LogP contribution is 2.38. The summed E-state index contributed by atoms with van der Waals surface area (Å²) in [5, 5.41) is 0. The third kappa shape index (κ3) is 1.59. The van der Waals surface area contributed by atoms with Gasteiger partial charge < -0.3 is 0 Å². The number of allylic oxidation sites excluding steroid dienone is 5. The third-order valence-corrected chi connectivity index (χ3v) is 3.75. The molecule has 0 saturated carbocycles. The number of fused-ring (bicyclic) bond motifs is 3. The van der Waals surface area contributed by atoms with Crippen LogP contribution < -0.4 is 0 Å². The van der Waals surface area contributed by atoms with Gasteiger partial charge in [-0.15, -0.1) is 0 Å². The Morgan fingerprint density at radius 1 is 1.00 bits per heavy atom. The van der Waals surface area contributed by atoms with E-state index >= 15 is 0 Å². The van der Waals surface area contributed by atoms with Gasteiger partial charge in [-0.1, -0.05) is 42.5 Å². The zero-order chi connectivity index (χ0) is 10.3. The maximum Gasteiger partial charge on any atom is 0.0136 e. The Hall–Kier alpha value is -0.830. The van der Waals surface area contributed by atoms with Crippen LogP contribution in [0.3, 0.4) is 0 Å². The summed E-state index contributed by atoms with van der Waals surface area (Å²) in [4.78, 5) is 0. The largest absolute Gasteiger partial charge is 0.0767 e. The van der Waals surface area contributed by atoms with Crippen molar-refractivity contribution in [3.8, 4) is 0 Å². The Bertz CT molecular complexity index is 480. The molecule has 0 amide bonds. The molecule has 3 rings (SSSR count). The minimum atomic E-state index is 0.548. The lowest BCUT2D eigenvalue weighted by molar-refractivity contribution is 0.692. The Balaban J connectivity index is 2.14. The second-order valence-electron chi connectivity index (χ2n) is 4.01. The number of rotatable bonds is 0. The zero-order valence-electron chi connectivity index (χ0n) is 8.23. The molecular formula is C14H11I. The highest BCUT2D eigenvalue weighted by Gasteiger charge is 2.23. The molecule has 0 fully saturated rings. The lowest BCUT2D eigenvalue weighted by Crippen LogP contribution is -2.13. The van der Waals surface area contributed by atoms with E-state index in [2.05, 4.69) is 77.2 Å². The summed E-state index contributed by atoms with van der Waals surface area (Å²) in [5.74, 6) is 1.11. The molecule has 0 aliphatic heterocycles. The highest BCUT2D eigenvalue weighted by atomic mass is 127. The molecule has 15 heavy (non-hydrogen) atoms. The predicted molar refractivity (Wildman–Crippen MR) is 72.7 cm³/mol. The minimum absolute atomic E-state index is 0.548. The maximum atomic E-state index is 2.37. The molecule has 2 atom stereocenters. The van der Waals surface area contributed by atoms with Crippen molar-refractivity contribution in [2.45, 2.75) is 5.92 Å². The first-order valence-corrected chi connectivity index (χ1v) is 6.25. The van der Waals surface area contributed by atoms with E-state index in [0.717, 1.165) is 0 Å². The molecule has 0 nitrogen and oxygen atoms in total. The molecule has 2 aliphatic rings. The van der Waals surface area contributed by atoms with Crippen LogP contribution in [0.15, 0.2) is 48.6 Å². The second-order valence-corrected chi connectivity index (χ2v) is 5.25. The van der Waals surface area contributed by atoms with Crippen molar-refractivity contribution in [3.63, 3.8) is 0 Å². The van der Waals surface area contributed by atoms with E-state index in [4.69, 9.17) is 0 Å². The topological polar surface area (TPSA) is 0 Å². The van der Waals surface area contributed by atoms with Gasteiger partial charge in [-0.3, -0.25) is 0 Å². The van der Waals surface area contributed by atoms with Crippen LogP contribution >= 0.6 is 22.6 Å². The van der Waals surface area contributed by atoms with Crippen molar-refractivity contribution in [2.24, 2.45) is 5.92 Å². The molecule has 0 spiro atoms. The van der Waals surface area contributed by atoms with Crippen molar-refractivity contribution in [1.82, 2.24) is 0 Å². The smallest absolute Gasteiger partial charge is 0.0136 e. The molecule has 0 saturated heterocycles. The Morgan fingerprint density at radius 3 is 2.80 bits per heavy atom. The quantitative estimate of drug-likeness (QED) is 0.632. The molecule has 74 valence electrons. The average molecular weight is 306 g/mol. The molecule has 1 aromatic carbocycles. The molecule has 1 heteroatoms. The van der Waals surface area contributed by atoms with E-state index in [1.54, 1.807) is 0 Å². The lowest BCUT2D eigenvalue weighted by Gasteiger charge is -2.27. The van der Waals surface area contributed by atoms with E-state index < -0.39 is 0 Å². The Morgan fingerprint density at radius 2 is 1.87 bits per heavy atom. The van der Waals surface area contributed by atoms with Gasteiger partial charge in [-0.25, -0.2) is 0 Å². The summed E-state index contributed by atoms with van der Waals surface area (Å²) in [6, 6.07) is 6.72. The summed E-state index contributed by atoms with van der Waals surface area (Å²) in [6.07, 6.45) is 13.4. The fourth-order valence-electron chi connectivity index (χ4n) is 2.33. The Labute approximate surface area is 104 Å². The van der Waals surface area contributed by atoms with E-state index in [9.17, 15) is 0 Å². The molecule has 0 radical (unpaired) electrons. The van der Waals surface area contributed by atoms with Gasteiger partial charge >= 0.3 is 0 Å². The van der Waals surface area contributed by atoms with E-state index in [0.29, 0.717) is 11.8 Å². The first-order valence-electron chi connectivity index (χ1n) is 5.17. The number of halogens is 1. The fraction of sp³-hybridized carbons (Fsp3) is 0.143. The molecule has 2 unspecified atom stereocenters. The van der Waals surface area contributed by atoms with Crippen molar-refractivity contribution in [2.75, 3.05) is 0 Å². The van der Waals surface area contributed by atoms with E-state index in [1.807, 2.05) is 0 Å². The van der Waals surface area contributed by atoms with Crippen LogP contribution in [0, 0.1) is 9.49 Å². The molecular weight excluding hydrogens is 295 g/mol. The summed E-state index contributed by atoms with van der Waals surface area (Å²) in [5.41, 5.74) is 2.84. The van der Waals surface area contributed by atoms with Gasteiger partial charge in [0.05, 0.1) is 0 Å². The van der Waals surface area contributed by atoms with E-state index in [1.165, 1.54) is 14.7 Å². The van der Waals surface area contributed by atoms with Gasteiger partial charge in [0.15, 0.2) is 0 Å². The fourth-order valence-corrected chi connectivity index (χ4v) is 2.84. The summed E-state index contributed by atoms with van der Waals surface area (Å²) >= 11 is 2.37. The lowest BCUT2D eigenvalue weighted by atomic mass is 9.77. The third-order valence-electron chi connectivity index (χ3n) is 3.08. The van der Waals surface area contributed by atoms with Crippen LogP contribution in [0.5, 0.6) is 0 Å². The number of benzene rings is 1. The van der Waals surface area contributed by atoms with Crippen LogP contribution in [0.25, 0.3) is 6.08 Å². The maximum absolute atomic E-state index is 2.37. The van der Waals surface area contributed by atoms with Gasteiger partial charge in [0, 0.05) is 15.4 Å². The van der Waals surface area contributed by atoms with Gasteiger partial charge in [0.1, 0.15) is 0 Å². The zero-order valence-corrected chi connectivity index (χ0v) is 10.4. The standard InChI is InChI=1S/C14H11I/c15-12-7-8-14-11(9-12)6-5-10-3-1-2-4-13(10)14/h1-10,13H. The van der Waals surface area contributed by atoms with Crippen LogP contribution in [-0.4, -0.2) is 0 Å². The van der Waals surface area contributed by atoms with Gasteiger partial charge in [0.25, 0.3) is 0 Å². The Kier molecular flexibility index (Phi) is 2.28. The number of hydrogen-bond acceptors (Lipinski definition) is 0.